The summed E-state index contributed by atoms with van der Waals surface area (Å²) >= 11 is 1.58. The van der Waals surface area contributed by atoms with Crippen LogP contribution < -0.4 is 10.9 Å². The molecule has 4 rings (SSSR count). The first-order chi connectivity index (χ1) is 12.2. The lowest BCUT2D eigenvalue weighted by Gasteiger charge is -2.08. The predicted octanol–water partition coefficient (Wildman–Crippen LogP) is 2.49. The number of benzene rings is 1. The molecule has 3 aromatic heterocycles. The van der Waals surface area contributed by atoms with Gasteiger partial charge in [-0.05, 0) is 23.6 Å². The zero-order valence-electron chi connectivity index (χ0n) is 13.0. The minimum atomic E-state index is -0.331. The number of carbonyl (C=O) groups is 1. The molecule has 1 aromatic carbocycles. The molecule has 0 aliphatic rings. The fourth-order valence-corrected chi connectivity index (χ4v) is 3.24. The van der Waals surface area contributed by atoms with Crippen LogP contribution in [-0.4, -0.2) is 25.7 Å². The van der Waals surface area contributed by atoms with E-state index < -0.39 is 0 Å². The Hall–Kier alpha value is -3.26. The molecule has 0 aliphatic carbocycles. The summed E-state index contributed by atoms with van der Waals surface area (Å²) in [5.41, 5.74) is 1.79. The van der Waals surface area contributed by atoms with Crippen LogP contribution in [0.5, 0.6) is 0 Å². The molecule has 0 radical (unpaired) electrons. The van der Waals surface area contributed by atoms with Gasteiger partial charge in [0.05, 0.1) is 27.8 Å². The minimum absolute atomic E-state index is 0.108. The van der Waals surface area contributed by atoms with Crippen LogP contribution in [0.3, 0.4) is 0 Å². The lowest BCUT2D eigenvalue weighted by molar-refractivity contribution is -0.116. The zero-order valence-corrected chi connectivity index (χ0v) is 13.8. The Morgan fingerprint density at radius 2 is 2.12 bits per heavy atom. The molecule has 0 atom stereocenters. The van der Waals surface area contributed by atoms with Gasteiger partial charge in [0.25, 0.3) is 5.56 Å². The van der Waals surface area contributed by atoms with Gasteiger partial charge in [-0.25, -0.2) is 4.98 Å². The number of hydrogen-bond donors (Lipinski definition) is 2. The number of nitrogens with one attached hydrogen (secondary N) is 2. The van der Waals surface area contributed by atoms with Gasteiger partial charge in [0, 0.05) is 6.07 Å². The molecule has 25 heavy (non-hydrogen) atoms. The molecule has 124 valence electrons. The van der Waals surface area contributed by atoms with E-state index in [0.29, 0.717) is 16.9 Å². The highest BCUT2D eigenvalue weighted by Crippen LogP contribution is 2.24. The van der Waals surface area contributed by atoms with E-state index in [1.54, 1.807) is 35.6 Å². The minimum Gasteiger partial charge on any atom is -0.308 e. The molecule has 0 unspecified atom stereocenters. The fraction of sp³-hybridized carbons (Fsp3) is 0.0588. The summed E-state index contributed by atoms with van der Waals surface area (Å²) in [5.74, 6) is 0.0856. The van der Waals surface area contributed by atoms with Crippen molar-refractivity contribution in [2.75, 3.05) is 5.32 Å². The molecule has 0 bridgehead atoms. The van der Waals surface area contributed by atoms with Crippen LogP contribution in [-0.2, 0) is 11.3 Å². The molecule has 0 saturated heterocycles. The highest BCUT2D eigenvalue weighted by molar-refractivity contribution is 7.13. The molecule has 3 heterocycles. The van der Waals surface area contributed by atoms with Crippen molar-refractivity contribution >= 4 is 34.1 Å². The molecule has 0 fully saturated rings. The van der Waals surface area contributed by atoms with Crippen molar-refractivity contribution in [3.05, 3.63) is 64.4 Å². The molecule has 0 spiro atoms. The summed E-state index contributed by atoms with van der Waals surface area (Å²) in [4.78, 5) is 29.5. The Kier molecular flexibility index (Phi) is 3.87. The number of H-pyrrole nitrogens is 1. The van der Waals surface area contributed by atoms with Gasteiger partial charge in [-0.3, -0.25) is 19.3 Å². The maximum absolute atomic E-state index is 12.3. The lowest BCUT2D eigenvalue weighted by atomic mass is 10.3. The van der Waals surface area contributed by atoms with Crippen molar-refractivity contribution in [2.24, 2.45) is 0 Å². The van der Waals surface area contributed by atoms with Gasteiger partial charge in [-0.15, -0.1) is 11.3 Å². The third-order valence-electron chi connectivity index (χ3n) is 3.69. The zero-order chi connectivity index (χ0) is 17.2. The highest BCUT2D eigenvalue weighted by atomic mass is 32.1. The van der Waals surface area contributed by atoms with Gasteiger partial charge in [-0.1, -0.05) is 18.2 Å². The number of para-hydroxylation sites is 2. The third kappa shape index (κ3) is 3.07. The Labute approximate surface area is 146 Å². The normalized spacial score (nSPS) is 10.9. The molecular formula is C17H13N5O2S. The number of amides is 1. The number of rotatable bonds is 4. The average molecular weight is 351 g/mol. The highest BCUT2D eigenvalue weighted by Gasteiger charge is 2.11. The van der Waals surface area contributed by atoms with E-state index in [2.05, 4.69) is 20.5 Å². The quantitative estimate of drug-likeness (QED) is 0.591. The van der Waals surface area contributed by atoms with E-state index in [0.717, 1.165) is 10.6 Å². The fourth-order valence-electron chi connectivity index (χ4n) is 2.55. The van der Waals surface area contributed by atoms with Crippen LogP contribution in [0.1, 0.15) is 0 Å². The summed E-state index contributed by atoms with van der Waals surface area (Å²) in [5, 5.41) is 11.6. The summed E-state index contributed by atoms with van der Waals surface area (Å²) in [7, 11) is 0. The molecule has 2 N–H and O–H groups in total. The molecule has 0 aliphatic heterocycles. The number of aromatic amines is 1. The maximum atomic E-state index is 12.3. The first kappa shape index (κ1) is 15.3. The van der Waals surface area contributed by atoms with Gasteiger partial charge in [0.2, 0.25) is 5.91 Å². The molecule has 0 saturated carbocycles. The molecule has 1 amide bonds. The number of anilines is 1. The van der Waals surface area contributed by atoms with E-state index >= 15 is 0 Å². The smallest absolute Gasteiger partial charge is 0.269 e. The molecule has 4 aromatic rings. The number of thiophene rings is 1. The van der Waals surface area contributed by atoms with E-state index in [9.17, 15) is 9.59 Å². The maximum Gasteiger partial charge on any atom is 0.269 e. The van der Waals surface area contributed by atoms with Crippen molar-refractivity contribution in [3.63, 3.8) is 0 Å². The van der Waals surface area contributed by atoms with Crippen molar-refractivity contribution in [1.82, 2.24) is 19.7 Å². The van der Waals surface area contributed by atoms with Gasteiger partial charge in [0.15, 0.2) is 5.82 Å². The van der Waals surface area contributed by atoms with E-state index in [-0.39, 0.29) is 18.0 Å². The largest absolute Gasteiger partial charge is 0.308 e. The second-order valence-corrected chi connectivity index (χ2v) is 6.31. The topological polar surface area (TPSA) is 92.7 Å². The lowest BCUT2D eigenvalue weighted by Crippen LogP contribution is -2.28. The Balaban J connectivity index is 1.55. The molecular weight excluding hydrogens is 338 g/mol. The number of aromatic nitrogens is 4. The first-order valence-electron chi connectivity index (χ1n) is 7.54. The van der Waals surface area contributed by atoms with E-state index in [1.165, 1.54) is 10.8 Å². The van der Waals surface area contributed by atoms with Crippen molar-refractivity contribution < 1.29 is 4.79 Å². The number of nitrogens with zero attached hydrogens (tertiary/aromatic N) is 3. The first-order valence-corrected chi connectivity index (χ1v) is 8.42. The number of hydrogen-bond acceptors (Lipinski definition) is 5. The predicted molar refractivity (Wildman–Crippen MR) is 96.5 cm³/mol. The second kappa shape index (κ2) is 6.33. The van der Waals surface area contributed by atoms with E-state index in [4.69, 9.17) is 0 Å². The van der Waals surface area contributed by atoms with Crippen LogP contribution in [0, 0.1) is 0 Å². The molecule has 7 nitrogen and oxygen atoms in total. The van der Waals surface area contributed by atoms with Crippen LogP contribution in [0.4, 0.5) is 5.82 Å². The summed E-state index contributed by atoms with van der Waals surface area (Å²) < 4.78 is 1.39. The van der Waals surface area contributed by atoms with E-state index in [1.807, 2.05) is 23.6 Å². The summed E-state index contributed by atoms with van der Waals surface area (Å²) in [6.45, 7) is -0.108. The summed E-state index contributed by atoms with van der Waals surface area (Å²) in [6.07, 6.45) is 1.22. The third-order valence-corrected chi connectivity index (χ3v) is 4.59. The van der Waals surface area contributed by atoms with Crippen LogP contribution >= 0.6 is 11.3 Å². The van der Waals surface area contributed by atoms with Crippen molar-refractivity contribution in [2.45, 2.75) is 6.54 Å². The standard InChI is InChI=1S/C17H13N5O2S/c23-16(19-15-8-12(20-21-15)14-6-3-7-25-14)10-22-13-5-2-1-4-11(13)18-9-17(22)24/h1-9H,10H2,(H2,19,20,21,23). The SMILES string of the molecule is O=C(Cn1c(=O)cnc2ccccc21)Nc1cc(-c2cccs2)[nH]n1. The van der Waals surface area contributed by atoms with Crippen LogP contribution in [0.15, 0.2) is 58.8 Å². The number of carbonyl (C=O) groups excluding carboxylic acids is 1. The summed E-state index contributed by atoms with van der Waals surface area (Å²) in [6, 6.07) is 12.9. The van der Waals surface area contributed by atoms with Gasteiger partial charge in [-0.2, -0.15) is 5.10 Å². The van der Waals surface area contributed by atoms with Crippen molar-refractivity contribution in [3.8, 4) is 10.6 Å². The van der Waals surface area contributed by atoms with Crippen molar-refractivity contribution in [1.29, 1.82) is 0 Å². The monoisotopic (exact) mass is 351 g/mol. The van der Waals surface area contributed by atoms with Gasteiger partial charge >= 0.3 is 0 Å². The van der Waals surface area contributed by atoms with Gasteiger partial charge < -0.3 is 5.32 Å². The Bertz CT molecular complexity index is 1100. The Morgan fingerprint density at radius 3 is 2.96 bits per heavy atom. The van der Waals surface area contributed by atoms with Gasteiger partial charge in [0.1, 0.15) is 6.54 Å². The Morgan fingerprint density at radius 1 is 1.24 bits per heavy atom. The second-order valence-electron chi connectivity index (χ2n) is 5.36. The van der Waals surface area contributed by atoms with Crippen LogP contribution in [0.25, 0.3) is 21.6 Å². The van der Waals surface area contributed by atoms with Crippen LogP contribution in [0.2, 0.25) is 0 Å². The molecule has 8 heteroatoms. The number of fused-ring (bicyclic) bond motifs is 1. The average Bonchev–Trinajstić information content (AvgIpc) is 3.29.